The van der Waals surface area contributed by atoms with E-state index in [1.807, 2.05) is 18.2 Å². The number of aromatic hydroxyl groups is 1. The molecule has 2 rings (SSSR count). The van der Waals surface area contributed by atoms with E-state index < -0.39 is 12.1 Å². The van der Waals surface area contributed by atoms with Crippen LogP contribution in [0.3, 0.4) is 0 Å². The number of para-hydroxylation sites is 1. The molecule has 0 spiro atoms. The Labute approximate surface area is 123 Å². The number of phenolic OH excluding ortho intramolecular Hbond substituents is 1. The molecule has 0 aliphatic carbocycles. The molecule has 0 saturated carbocycles. The van der Waals surface area contributed by atoms with Gasteiger partial charge in [0.1, 0.15) is 11.5 Å². The smallest absolute Gasteiger partial charge is 0.347 e. The van der Waals surface area contributed by atoms with Gasteiger partial charge < -0.3 is 14.6 Å². The van der Waals surface area contributed by atoms with Crippen LogP contribution in [0.15, 0.2) is 54.6 Å². The summed E-state index contributed by atoms with van der Waals surface area (Å²) in [4.78, 5) is 12.0. The molecule has 1 N–H and O–H groups in total. The zero-order valence-electron chi connectivity index (χ0n) is 11.9. The highest BCUT2D eigenvalue weighted by Gasteiger charge is 2.22. The van der Waals surface area contributed by atoms with E-state index in [4.69, 9.17) is 9.47 Å². The molecule has 2 aromatic rings. The Hall–Kier alpha value is -2.49. The highest BCUT2D eigenvalue weighted by molar-refractivity contribution is 5.75. The summed E-state index contributed by atoms with van der Waals surface area (Å²) >= 11 is 0. The monoisotopic (exact) mass is 286 g/mol. The lowest BCUT2D eigenvalue weighted by molar-refractivity contribution is -0.151. The largest absolute Gasteiger partial charge is 0.508 e. The fraction of sp³-hybridized carbons (Fsp3) is 0.235. The molecule has 4 nitrogen and oxygen atoms in total. The van der Waals surface area contributed by atoms with Crippen molar-refractivity contribution in [1.29, 1.82) is 0 Å². The first kappa shape index (κ1) is 14.9. The van der Waals surface area contributed by atoms with Crippen LogP contribution in [0.2, 0.25) is 0 Å². The lowest BCUT2D eigenvalue weighted by Crippen LogP contribution is -2.31. The number of ether oxygens (including phenoxy) is 2. The predicted molar refractivity (Wildman–Crippen MR) is 79.3 cm³/mol. The fourth-order valence-corrected chi connectivity index (χ4v) is 1.92. The SMILES string of the molecule is CCOC(=O)[C@@H](Cc1ccc(O)cc1)Oc1ccccc1. The van der Waals surface area contributed by atoms with E-state index in [0.717, 1.165) is 5.56 Å². The number of carbonyl (C=O) groups excluding carboxylic acids is 1. The van der Waals surface area contributed by atoms with Crippen molar-refractivity contribution in [3.8, 4) is 11.5 Å². The summed E-state index contributed by atoms with van der Waals surface area (Å²) in [5.74, 6) is 0.416. The molecule has 0 unspecified atom stereocenters. The zero-order chi connectivity index (χ0) is 15.1. The summed E-state index contributed by atoms with van der Waals surface area (Å²) in [7, 11) is 0. The van der Waals surface area contributed by atoms with Crippen molar-refractivity contribution in [3.63, 3.8) is 0 Å². The van der Waals surface area contributed by atoms with Gasteiger partial charge in [-0.25, -0.2) is 4.79 Å². The molecule has 2 aromatic carbocycles. The average molecular weight is 286 g/mol. The van der Waals surface area contributed by atoms with Crippen LogP contribution in [0, 0.1) is 0 Å². The number of esters is 1. The lowest BCUT2D eigenvalue weighted by atomic mass is 10.1. The van der Waals surface area contributed by atoms with E-state index in [1.54, 1.807) is 43.3 Å². The van der Waals surface area contributed by atoms with E-state index >= 15 is 0 Å². The van der Waals surface area contributed by atoms with Crippen LogP contribution < -0.4 is 4.74 Å². The number of phenols is 1. The quantitative estimate of drug-likeness (QED) is 0.829. The van der Waals surface area contributed by atoms with Gasteiger partial charge in [-0.2, -0.15) is 0 Å². The molecule has 0 radical (unpaired) electrons. The summed E-state index contributed by atoms with van der Waals surface area (Å²) in [6, 6.07) is 15.8. The molecule has 0 saturated heterocycles. The molecule has 0 aromatic heterocycles. The minimum Gasteiger partial charge on any atom is -0.508 e. The third-order valence-electron chi connectivity index (χ3n) is 2.93. The Morgan fingerprint density at radius 1 is 1.10 bits per heavy atom. The Bertz CT molecular complexity index is 563. The molecule has 1 atom stereocenters. The normalized spacial score (nSPS) is 11.7. The highest BCUT2D eigenvalue weighted by Crippen LogP contribution is 2.17. The molecular weight excluding hydrogens is 268 g/mol. The number of benzene rings is 2. The van der Waals surface area contributed by atoms with Gasteiger partial charge in [-0.15, -0.1) is 0 Å². The first-order valence-electron chi connectivity index (χ1n) is 6.85. The van der Waals surface area contributed by atoms with Gasteiger partial charge in [0.2, 0.25) is 0 Å². The van der Waals surface area contributed by atoms with Crippen molar-refractivity contribution in [2.24, 2.45) is 0 Å². The van der Waals surface area contributed by atoms with Crippen LogP contribution in [0.25, 0.3) is 0 Å². The van der Waals surface area contributed by atoms with Crippen LogP contribution in [-0.4, -0.2) is 23.8 Å². The van der Waals surface area contributed by atoms with Gasteiger partial charge in [0, 0.05) is 6.42 Å². The maximum absolute atomic E-state index is 12.0. The third kappa shape index (κ3) is 4.53. The maximum Gasteiger partial charge on any atom is 0.347 e. The number of hydrogen-bond acceptors (Lipinski definition) is 4. The molecule has 0 bridgehead atoms. The van der Waals surface area contributed by atoms with Crippen LogP contribution in [-0.2, 0) is 16.0 Å². The van der Waals surface area contributed by atoms with Gasteiger partial charge in [-0.1, -0.05) is 30.3 Å². The number of hydrogen-bond donors (Lipinski definition) is 1. The van der Waals surface area contributed by atoms with Crippen LogP contribution >= 0.6 is 0 Å². The second-order valence-electron chi connectivity index (χ2n) is 4.54. The molecule has 0 heterocycles. The van der Waals surface area contributed by atoms with Crippen molar-refractivity contribution in [1.82, 2.24) is 0 Å². The first-order chi connectivity index (χ1) is 10.2. The van der Waals surface area contributed by atoms with E-state index in [2.05, 4.69) is 0 Å². The predicted octanol–water partition coefficient (Wildman–Crippen LogP) is 2.95. The molecule has 0 amide bonds. The molecular formula is C17H18O4. The minimum atomic E-state index is -0.711. The Morgan fingerprint density at radius 2 is 1.76 bits per heavy atom. The van der Waals surface area contributed by atoms with E-state index in [9.17, 15) is 9.90 Å². The van der Waals surface area contributed by atoms with E-state index in [-0.39, 0.29) is 5.75 Å². The minimum absolute atomic E-state index is 0.190. The van der Waals surface area contributed by atoms with Gasteiger partial charge in [0.05, 0.1) is 6.61 Å². The summed E-state index contributed by atoms with van der Waals surface area (Å²) in [5, 5.41) is 9.30. The van der Waals surface area contributed by atoms with Gasteiger partial charge >= 0.3 is 5.97 Å². The second-order valence-corrected chi connectivity index (χ2v) is 4.54. The van der Waals surface area contributed by atoms with Crippen LogP contribution in [0.1, 0.15) is 12.5 Å². The molecule has 110 valence electrons. The van der Waals surface area contributed by atoms with Crippen molar-refractivity contribution in [2.45, 2.75) is 19.4 Å². The Morgan fingerprint density at radius 3 is 2.38 bits per heavy atom. The Kier molecular flexibility index (Phi) is 5.21. The molecule has 21 heavy (non-hydrogen) atoms. The van der Waals surface area contributed by atoms with Crippen molar-refractivity contribution >= 4 is 5.97 Å². The topological polar surface area (TPSA) is 55.8 Å². The summed E-state index contributed by atoms with van der Waals surface area (Å²) < 4.78 is 10.8. The van der Waals surface area contributed by atoms with E-state index in [0.29, 0.717) is 18.8 Å². The van der Waals surface area contributed by atoms with Crippen molar-refractivity contribution < 1.29 is 19.4 Å². The first-order valence-corrected chi connectivity index (χ1v) is 6.85. The van der Waals surface area contributed by atoms with Gasteiger partial charge in [-0.05, 0) is 36.8 Å². The lowest BCUT2D eigenvalue weighted by Gasteiger charge is -2.17. The van der Waals surface area contributed by atoms with Gasteiger partial charge in [0.25, 0.3) is 0 Å². The summed E-state index contributed by atoms with van der Waals surface area (Å²) in [6.07, 6.45) is -0.328. The molecule has 0 fully saturated rings. The van der Waals surface area contributed by atoms with Gasteiger partial charge in [-0.3, -0.25) is 0 Å². The number of carbonyl (C=O) groups is 1. The molecule has 0 aliphatic heterocycles. The third-order valence-corrected chi connectivity index (χ3v) is 2.93. The van der Waals surface area contributed by atoms with Crippen LogP contribution in [0.4, 0.5) is 0 Å². The maximum atomic E-state index is 12.0. The average Bonchev–Trinajstić information content (AvgIpc) is 2.50. The second kappa shape index (κ2) is 7.33. The zero-order valence-corrected chi connectivity index (χ0v) is 11.9. The standard InChI is InChI=1S/C17H18O4/c1-2-20-17(19)16(21-15-6-4-3-5-7-15)12-13-8-10-14(18)11-9-13/h3-11,16,18H,2,12H2,1H3/t16-/m1/s1. The molecule has 0 aliphatic rings. The van der Waals surface area contributed by atoms with Crippen LogP contribution in [0.5, 0.6) is 11.5 Å². The molecule has 4 heteroatoms. The van der Waals surface area contributed by atoms with Crippen molar-refractivity contribution in [2.75, 3.05) is 6.61 Å². The summed E-state index contributed by atoms with van der Waals surface area (Å²) in [5.41, 5.74) is 0.891. The number of rotatable bonds is 6. The summed E-state index contributed by atoms with van der Waals surface area (Å²) in [6.45, 7) is 2.07. The van der Waals surface area contributed by atoms with E-state index in [1.165, 1.54) is 0 Å². The fourth-order valence-electron chi connectivity index (χ4n) is 1.92. The van der Waals surface area contributed by atoms with Crippen molar-refractivity contribution in [3.05, 3.63) is 60.2 Å². The Balaban J connectivity index is 2.11. The highest BCUT2D eigenvalue weighted by atomic mass is 16.6. The van der Waals surface area contributed by atoms with Gasteiger partial charge in [0.15, 0.2) is 6.10 Å².